The van der Waals surface area contributed by atoms with Gasteiger partial charge in [0.25, 0.3) is 0 Å². The third-order valence-corrected chi connectivity index (χ3v) is 4.25. The Morgan fingerprint density at radius 2 is 2.06 bits per heavy atom. The van der Waals surface area contributed by atoms with Crippen LogP contribution in [-0.4, -0.2) is 23.3 Å². The maximum absolute atomic E-state index is 12.3. The molecular formula is C13H14F2O2S. The molecule has 0 unspecified atom stereocenters. The largest absolute Gasteiger partial charge is 0.481 e. The van der Waals surface area contributed by atoms with Crippen molar-refractivity contribution in [3.05, 3.63) is 29.8 Å². The third kappa shape index (κ3) is 3.02. The van der Waals surface area contributed by atoms with E-state index in [9.17, 15) is 13.6 Å². The lowest BCUT2D eigenvalue weighted by Gasteiger charge is -2.17. The average molecular weight is 272 g/mol. The van der Waals surface area contributed by atoms with Crippen LogP contribution in [0.4, 0.5) is 8.78 Å². The van der Waals surface area contributed by atoms with E-state index in [1.165, 1.54) is 0 Å². The van der Waals surface area contributed by atoms with Crippen LogP contribution < -0.4 is 0 Å². The number of rotatable bonds is 6. The van der Waals surface area contributed by atoms with E-state index < -0.39 is 12.4 Å². The van der Waals surface area contributed by atoms with E-state index in [0.717, 1.165) is 35.1 Å². The molecule has 18 heavy (non-hydrogen) atoms. The van der Waals surface area contributed by atoms with Crippen LogP contribution in [0, 0.1) is 0 Å². The van der Waals surface area contributed by atoms with Gasteiger partial charge in [-0.3, -0.25) is 4.79 Å². The predicted octanol–water partition coefficient (Wildman–Crippen LogP) is 3.55. The Morgan fingerprint density at radius 3 is 2.61 bits per heavy atom. The highest BCUT2D eigenvalue weighted by Crippen LogP contribution is 2.53. The quantitative estimate of drug-likeness (QED) is 0.805. The number of hydrogen-bond acceptors (Lipinski definition) is 2. The summed E-state index contributed by atoms with van der Waals surface area (Å²) >= 11 is 1.11. The van der Waals surface area contributed by atoms with Crippen molar-refractivity contribution >= 4 is 17.7 Å². The van der Waals surface area contributed by atoms with Crippen molar-refractivity contribution in [3.8, 4) is 0 Å². The standard InChI is InChI=1S/C13H14F2O2S/c14-11(15)8-18-10-4-2-1-3-9(10)13(5-6-13)7-12(16)17/h1-4,11H,5-8H2,(H,16,17). The van der Waals surface area contributed by atoms with Gasteiger partial charge in [-0.15, -0.1) is 11.8 Å². The van der Waals surface area contributed by atoms with Crippen LogP contribution in [0.2, 0.25) is 0 Å². The number of halogens is 2. The maximum Gasteiger partial charge on any atom is 0.304 e. The molecular weight excluding hydrogens is 258 g/mol. The molecule has 1 fully saturated rings. The van der Waals surface area contributed by atoms with Crippen LogP contribution in [0.5, 0.6) is 0 Å². The van der Waals surface area contributed by atoms with Crippen LogP contribution in [0.1, 0.15) is 24.8 Å². The Balaban J connectivity index is 2.19. The molecule has 0 radical (unpaired) electrons. The van der Waals surface area contributed by atoms with E-state index in [1.807, 2.05) is 12.1 Å². The van der Waals surface area contributed by atoms with E-state index in [1.54, 1.807) is 12.1 Å². The van der Waals surface area contributed by atoms with Gasteiger partial charge < -0.3 is 5.11 Å². The monoisotopic (exact) mass is 272 g/mol. The number of aliphatic carboxylic acids is 1. The summed E-state index contributed by atoms with van der Waals surface area (Å²) in [6.45, 7) is 0. The summed E-state index contributed by atoms with van der Waals surface area (Å²) in [5, 5.41) is 8.93. The molecule has 0 aliphatic heterocycles. The molecule has 5 heteroatoms. The smallest absolute Gasteiger partial charge is 0.304 e. The Morgan fingerprint density at radius 1 is 1.39 bits per heavy atom. The van der Waals surface area contributed by atoms with Crippen molar-refractivity contribution in [2.75, 3.05) is 5.75 Å². The van der Waals surface area contributed by atoms with Crippen LogP contribution in [-0.2, 0) is 10.2 Å². The fourth-order valence-corrected chi connectivity index (χ4v) is 3.09. The molecule has 0 aromatic heterocycles. The first-order valence-electron chi connectivity index (χ1n) is 5.76. The molecule has 0 spiro atoms. The summed E-state index contributed by atoms with van der Waals surface area (Å²) in [7, 11) is 0. The van der Waals surface area contributed by atoms with Crippen molar-refractivity contribution in [2.45, 2.75) is 36.0 Å². The van der Waals surface area contributed by atoms with Crippen molar-refractivity contribution in [2.24, 2.45) is 0 Å². The van der Waals surface area contributed by atoms with Crippen LogP contribution >= 0.6 is 11.8 Å². The van der Waals surface area contributed by atoms with Gasteiger partial charge >= 0.3 is 5.97 Å². The summed E-state index contributed by atoms with van der Waals surface area (Å²) in [5.41, 5.74) is 0.593. The molecule has 0 atom stereocenters. The van der Waals surface area contributed by atoms with Gasteiger partial charge in [0.15, 0.2) is 0 Å². The molecule has 1 aromatic carbocycles. The lowest BCUT2D eigenvalue weighted by atomic mass is 9.92. The van der Waals surface area contributed by atoms with Gasteiger partial charge in [-0.1, -0.05) is 18.2 Å². The highest BCUT2D eigenvalue weighted by atomic mass is 32.2. The average Bonchev–Trinajstić information content (AvgIpc) is 3.06. The Bertz CT molecular complexity index is 444. The third-order valence-electron chi connectivity index (χ3n) is 3.17. The molecule has 1 aliphatic carbocycles. The normalized spacial score (nSPS) is 16.8. The summed E-state index contributed by atoms with van der Waals surface area (Å²) in [4.78, 5) is 11.7. The molecule has 1 saturated carbocycles. The number of alkyl halides is 2. The lowest BCUT2D eigenvalue weighted by molar-refractivity contribution is -0.137. The molecule has 1 N–H and O–H groups in total. The summed E-state index contributed by atoms with van der Waals surface area (Å²) in [5.74, 6) is -1.08. The minimum atomic E-state index is -2.35. The Hall–Kier alpha value is -1.10. The first-order valence-corrected chi connectivity index (χ1v) is 6.74. The van der Waals surface area contributed by atoms with Gasteiger partial charge in [-0.25, -0.2) is 8.78 Å². The Kier molecular flexibility index (Phi) is 3.90. The van der Waals surface area contributed by atoms with Crippen LogP contribution in [0.15, 0.2) is 29.2 Å². The predicted molar refractivity (Wildman–Crippen MR) is 66.3 cm³/mol. The van der Waals surface area contributed by atoms with Crippen LogP contribution in [0.25, 0.3) is 0 Å². The van der Waals surface area contributed by atoms with Crippen LogP contribution in [0.3, 0.4) is 0 Å². The van der Waals surface area contributed by atoms with Gasteiger partial charge in [-0.2, -0.15) is 0 Å². The summed E-state index contributed by atoms with van der Waals surface area (Å²) < 4.78 is 24.5. The second-order valence-electron chi connectivity index (χ2n) is 4.55. The van der Waals surface area contributed by atoms with E-state index >= 15 is 0 Å². The fraction of sp³-hybridized carbons (Fsp3) is 0.462. The number of carboxylic acid groups (broad SMARTS) is 1. The molecule has 2 rings (SSSR count). The summed E-state index contributed by atoms with van der Waals surface area (Å²) in [6.07, 6.45) is -0.617. The highest BCUT2D eigenvalue weighted by molar-refractivity contribution is 7.99. The van der Waals surface area contributed by atoms with E-state index in [4.69, 9.17) is 5.11 Å². The molecule has 0 bridgehead atoms. The van der Waals surface area contributed by atoms with Crippen molar-refractivity contribution in [1.82, 2.24) is 0 Å². The second kappa shape index (κ2) is 5.26. The lowest BCUT2D eigenvalue weighted by Crippen LogP contribution is -2.14. The minimum Gasteiger partial charge on any atom is -0.481 e. The summed E-state index contributed by atoms with van der Waals surface area (Å²) in [6, 6.07) is 7.30. The minimum absolute atomic E-state index is 0.0826. The second-order valence-corrected chi connectivity index (χ2v) is 5.61. The van der Waals surface area contributed by atoms with Gasteiger partial charge in [0.1, 0.15) is 0 Å². The first-order chi connectivity index (χ1) is 8.53. The van der Waals surface area contributed by atoms with Crippen molar-refractivity contribution < 1.29 is 18.7 Å². The van der Waals surface area contributed by atoms with E-state index in [-0.39, 0.29) is 17.6 Å². The number of hydrogen-bond donors (Lipinski definition) is 1. The zero-order valence-corrected chi connectivity index (χ0v) is 10.6. The van der Waals surface area contributed by atoms with Gasteiger partial charge in [0.05, 0.1) is 12.2 Å². The maximum atomic E-state index is 12.3. The Labute approximate surface area is 108 Å². The van der Waals surface area contributed by atoms with Gasteiger partial charge in [0.2, 0.25) is 6.43 Å². The highest BCUT2D eigenvalue weighted by Gasteiger charge is 2.47. The van der Waals surface area contributed by atoms with Gasteiger partial charge in [-0.05, 0) is 24.5 Å². The molecule has 0 heterocycles. The number of carboxylic acids is 1. The topological polar surface area (TPSA) is 37.3 Å². The first kappa shape index (κ1) is 13.3. The van der Waals surface area contributed by atoms with E-state index in [2.05, 4.69) is 0 Å². The van der Waals surface area contributed by atoms with Crippen molar-refractivity contribution in [3.63, 3.8) is 0 Å². The molecule has 98 valence electrons. The molecule has 0 saturated heterocycles. The number of carbonyl (C=O) groups is 1. The zero-order chi connectivity index (χ0) is 13.2. The molecule has 1 aromatic rings. The van der Waals surface area contributed by atoms with E-state index in [0.29, 0.717) is 0 Å². The number of benzene rings is 1. The molecule has 2 nitrogen and oxygen atoms in total. The SMILES string of the molecule is O=C(O)CC1(c2ccccc2SCC(F)F)CC1. The zero-order valence-electron chi connectivity index (χ0n) is 9.73. The number of thioether (sulfide) groups is 1. The van der Waals surface area contributed by atoms with Crippen molar-refractivity contribution in [1.29, 1.82) is 0 Å². The van der Waals surface area contributed by atoms with Gasteiger partial charge in [0, 0.05) is 10.3 Å². The molecule has 0 amide bonds. The molecule has 1 aliphatic rings. The fourth-order valence-electron chi connectivity index (χ4n) is 2.17.